The number of allylic oxidation sites excluding steroid dienone is 1. The van der Waals surface area contributed by atoms with E-state index in [9.17, 15) is 10.1 Å². The minimum atomic E-state index is -0.755. The molecule has 0 unspecified atom stereocenters. The first kappa shape index (κ1) is 19.4. The third-order valence-corrected chi connectivity index (χ3v) is 4.87. The summed E-state index contributed by atoms with van der Waals surface area (Å²) in [4.78, 5) is 12.9. The first-order valence-corrected chi connectivity index (χ1v) is 9.61. The number of para-hydroxylation sites is 1. The first-order valence-electron chi connectivity index (χ1n) is 9.61. The number of nitrogens with zero attached hydrogens (tertiary/aromatic N) is 1. The van der Waals surface area contributed by atoms with Gasteiger partial charge in [0.1, 0.15) is 17.2 Å². The highest BCUT2D eigenvalue weighted by atomic mass is 16.5. The fraction of sp³-hybridized carbons (Fsp3) is 0.217. The number of ether oxygens (including phenoxy) is 3. The monoisotopic (exact) mass is 404 g/mol. The normalized spacial score (nSPS) is 15.3. The Hall–Kier alpha value is -3.92. The Balaban J connectivity index is 1.98. The Kier molecular flexibility index (Phi) is 5.07. The quantitative estimate of drug-likeness (QED) is 0.644. The largest absolute Gasteiger partial charge is 0.490 e. The Morgan fingerprint density at radius 3 is 2.57 bits per heavy atom. The molecule has 2 aromatic carbocycles. The average molecular weight is 404 g/mol. The fourth-order valence-corrected chi connectivity index (χ4v) is 3.65. The van der Waals surface area contributed by atoms with Crippen LogP contribution in [0.4, 0.5) is 0 Å². The zero-order valence-corrected chi connectivity index (χ0v) is 16.6. The van der Waals surface area contributed by atoms with Crippen LogP contribution >= 0.6 is 0 Å². The van der Waals surface area contributed by atoms with Crippen molar-refractivity contribution in [3.63, 3.8) is 0 Å². The summed E-state index contributed by atoms with van der Waals surface area (Å²) in [6.45, 7) is 4.66. The van der Waals surface area contributed by atoms with E-state index in [1.807, 2.05) is 19.9 Å². The maximum atomic E-state index is 12.9. The molecule has 2 heterocycles. The van der Waals surface area contributed by atoms with Gasteiger partial charge in [0, 0.05) is 0 Å². The second-order valence-corrected chi connectivity index (χ2v) is 6.63. The summed E-state index contributed by atoms with van der Waals surface area (Å²) in [5.74, 6) is 0.601. The molecule has 0 fully saturated rings. The summed E-state index contributed by atoms with van der Waals surface area (Å²) >= 11 is 0. The van der Waals surface area contributed by atoms with Crippen LogP contribution in [-0.4, -0.2) is 13.2 Å². The van der Waals surface area contributed by atoms with E-state index in [0.717, 1.165) is 0 Å². The van der Waals surface area contributed by atoms with Gasteiger partial charge in [0.15, 0.2) is 17.2 Å². The van der Waals surface area contributed by atoms with Crippen LogP contribution in [0.5, 0.6) is 17.2 Å². The van der Waals surface area contributed by atoms with Crippen molar-refractivity contribution in [2.45, 2.75) is 19.8 Å². The predicted molar refractivity (Wildman–Crippen MR) is 111 cm³/mol. The fourth-order valence-electron chi connectivity index (χ4n) is 3.65. The van der Waals surface area contributed by atoms with Gasteiger partial charge < -0.3 is 24.4 Å². The molecule has 3 aromatic rings. The Morgan fingerprint density at radius 2 is 1.83 bits per heavy atom. The average Bonchev–Trinajstić information content (AvgIpc) is 2.74. The van der Waals surface area contributed by atoms with Gasteiger partial charge in [-0.2, -0.15) is 5.26 Å². The molecule has 1 aliphatic heterocycles. The van der Waals surface area contributed by atoms with Crippen LogP contribution in [0.25, 0.3) is 11.0 Å². The third kappa shape index (κ3) is 3.12. The van der Waals surface area contributed by atoms with Gasteiger partial charge >= 0.3 is 5.63 Å². The minimum absolute atomic E-state index is 0.0439. The Labute approximate surface area is 172 Å². The molecule has 1 aliphatic rings. The van der Waals surface area contributed by atoms with Crippen LogP contribution in [0.2, 0.25) is 0 Å². The van der Waals surface area contributed by atoms with Crippen molar-refractivity contribution in [2.75, 3.05) is 13.2 Å². The Morgan fingerprint density at radius 1 is 1.10 bits per heavy atom. The molecule has 4 rings (SSSR count). The molecule has 7 heteroatoms. The highest BCUT2D eigenvalue weighted by Gasteiger charge is 2.35. The number of nitrogens with two attached hydrogens (primary N) is 1. The number of fused-ring (bicyclic) bond motifs is 3. The summed E-state index contributed by atoms with van der Waals surface area (Å²) in [6, 6.07) is 14.4. The van der Waals surface area contributed by atoms with E-state index >= 15 is 0 Å². The van der Waals surface area contributed by atoms with Gasteiger partial charge in [0.2, 0.25) is 5.88 Å². The lowest BCUT2D eigenvalue weighted by Crippen LogP contribution is -2.26. The van der Waals surface area contributed by atoms with Gasteiger partial charge in [-0.3, -0.25) is 0 Å². The van der Waals surface area contributed by atoms with Gasteiger partial charge in [0.25, 0.3) is 0 Å². The summed E-state index contributed by atoms with van der Waals surface area (Å²) < 4.78 is 22.6. The number of hydrogen-bond acceptors (Lipinski definition) is 7. The molecule has 0 aliphatic carbocycles. The molecule has 152 valence electrons. The summed E-state index contributed by atoms with van der Waals surface area (Å²) in [6.07, 6.45) is 0. The molecule has 0 saturated heterocycles. The van der Waals surface area contributed by atoms with Crippen molar-refractivity contribution in [3.8, 4) is 23.3 Å². The molecular formula is C23H20N2O5. The highest BCUT2D eigenvalue weighted by molar-refractivity contribution is 5.86. The molecule has 1 aromatic heterocycles. The summed E-state index contributed by atoms with van der Waals surface area (Å²) in [5, 5.41) is 10.4. The lowest BCUT2D eigenvalue weighted by molar-refractivity contribution is 0.287. The van der Waals surface area contributed by atoms with Gasteiger partial charge in [0.05, 0.1) is 30.1 Å². The molecule has 0 saturated carbocycles. The smallest absolute Gasteiger partial charge is 0.344 e. The molecule has 1 atom stereocenters. The van der Waals surface area contributed by atoms with E-state index in [1.165, 1.54) is 0 Å². The zero-order chi connectivity index (χ0) is 21.3. The maximum Gasteiger partial charge on any atom is 0.344 e. The summed E-state index contributed by atoms with van der Waals surface area (Å²) in [5.41, 5.74) is 6.91. The van der Waals surface area contributed by atoms with Crippen LogP contribution in [0.15, 0.2) is 63.1 Å². The van der Waals surface area contributed by atoms with Crippen molar-refractivity contribution in [1.29, 1.82) is 5.26 Å². The number of hydrogen-bond donors (Lipinski definition) is 1. The third-order valence-electron chi connectivity index (χ3n) is 4.87. The van der Waals surface area contributed by atoms with Gasteiger partial charge in [-0.1, -0.05) is 18.2 Å². The lowest BCUT2D eigenvalue weighted by Gasteiger charge is -2.26. The van der Waals surface area contributed by atoms with E-state index in [0.29, 0.717) is 47.0 Å². The van der Waals surface area contributed by atoms with E-state index in [1.54, 1.807) is 36.4 Å². The van der Waals surface area contributed by atoms with Gasteiger partial charge in [-0.25, -0.2) is 4.79 Å². The van der Waals surface area contributed by atoms with Gasteiger partial charge in [-0.05, 0) is 43.7 Å². The first-order chi connectivity index (χ1) is 14.6. The second kappa shape index (κ2) is 7.84. The zero-order valence-electron chi connectivity index (χ0n) is 16.6. The number of nitriles is 1. The topological polar surface area (TPSA) is 108 Å². The maximum absolute atomic E-state index is 12.9. The van der Waals surface area contributed by atoms with Crippen LogP contribution in [0, 0.1) is 11.3 Å². The van der Waals surface area contributed by atoms with Crippen LogP contribution in [-0.2, 0) is 0 Å². The molecule has 2 N–H and O–H groups in total. The van der Waals surface area contributed by atoms with Crippen LogP contribution < -0.4 is 25.6 Å². The van der Waals surface area contributed by atoms with Crippen molar-refractivity contribution in [3.05, 3.63) is 75.5 Å². The van der Waals surface area contributed by atoms with Crippen molar-refractivity contribution < 1.29 is 18.6 Å². The summed E-state index contributed by atoms with van der Waals surface area (Å²) in [7, 11) is 0. The van der Waals surface area contributed by atoms with Crippen LogP contribution in [0.3, 0.4) is 0 Å². The lowest BCUT2D eigenvalue weighted by atomic mass is 9.83. The molecule has 0 bridgehead atoms. The van der Waals surface area contributed by atoms with E-state index in [4.69, 9.17) is 24.4 Å². The number of rotatable bonds is 5. The number of benzene rings is 2. The van der Waals surface area contributed by atoms with Crippen molar-refractivity contribution in [2.24, 2.45) is 5.73 Å². The van der Waals surface area contributed by atoms with Crippen LogP contribution in [0.1, 0.15) is 30.9 Å². The SMILES string of the molecule is CCOc1ccc([C@H]2C(C#N)=C(N)Oc3c2c(=O)oc2ccccc32)cc1OCC. The molecule has 30 heavy (non-hydrogen) atoms. The van der Waals surface area contributed by atoms with Gasteiger partial charge in [-0.15, -0.1) is 0 Å². The minimum Gasteiger partial charge on any atom is -0.490 e. The van der Waals surface area contributed by atoms with E-state index < -0.39 is 11.5 Å². The van der Waals surface area contributed by atoms with E-state index in [2.05, 4.69) is 6.07 Å². The molecule has 7 nitrogen and oxygen atoms in total. The predicted octanol–water partition coefficient (Wildman–Crippen LogP) is 3.81. The standard InChI is InChI=1S/C23H20N2O5/c1-3-27-17-10-9-13(11-18(17)28-4-2)19-15(12-24)22(25)30-21-14-7-5-6-8-16(14)29-23(26)20(19)21/h5-11,19H,3-4,25H2,1-2H3/t19-/m0/s1. The van der Waals surface area contributed by atoms with Crippen molar-refractivity contribution in [1.82, 2.24) is 0 Å². The highest BCUT2D eigenvalue weighted by Crippen LogP contribution is 2.45. The molecule has 0 amide bonds. The van der Waals surface area contributed by atoms with E-state index in [-0.39, 0.29) is 17.0 Å². The molecular weight excluding hydrogens is 384 g/mol. The Bertz CT molecular complexity index is 1250. The molecule has 0 radical (unpaired) electrons. The van der Waals surface area contributed by atoms with Crippen molar-refractivity contribution >= 4 is 11.0 Å². The molecule has 0 spiro atoms. The second-order valence-electron chi connectivity index (χ2n) is 6.63.